The highest BCUT2D eigenvalue weighted by Crippen LogP contribution is 2.54. The molecule has 0 radical (unpaired) electrons. The molecule has 2 saturated carbocycles. The smallest absolute Gasteiger partial charge is 0.393 e. The molecule has 4 unspecified atom stereocenters. The van der Waals surface area contributed by atoms with Gasteiger partial charge in [-0.05, 0) is 43.9 Å². The number of rotatable bonds is 2. The molecule has 112 valence electrons. The van der Waals surface area contributed by atoms with Crippen molar-refractivity contribution in [1.29, 1.82) is 0 Å². The van der Waals surface area contributed by atoms with Gasteiger partial charge >= 0.3 is 12.1 Å². The molecule has 0 N–H and O–H groups in total. The molecule has 3 rings (SSSR count). The van der Waals surface area contributed by atoms with Crippen molar-refractivity contribution in [2.24, 2.45) is 23.7 Å². The van der Waals surface area contributed by atoms with Crippen LogP contribution in [-0.4, -0.2) is 18.2 Å². The largest absolute Gasteiger partial charge is 0.462 e. The number of carbonyl (C=O) groups is 1. The van der Waals surface area contributed by atoms with Gasteiger partial charge in [0.2, 0.25) is 0 Å². The maximum Gasteiger partial charge on any atom is 0.393 e. The lowest BCUT2D eigenvalue weighted by Crippen LogP contribution is -2.39. The summed E-state index contributed by atoms with van der Waals surface area (Å²) in [6.45, 7) is 0. The van der Waals surface area contributed by atoms with Gasteiger partial charge in [0, 0.05) is 0 Å². The van der Waals surface area contributed by atoms with E-state index in [-0.39, 0.29) is 12.0 Å². The van der Waals surface area contributed by atoms with Gasteiger partial charge in [-0.15, -0.1) is 0 Å². The zero-order chi connectivity index (χ0) is 14.3. The van der Waals surface area contributed by atoms with Crippen LogP contribution in [0.5, 0.6) is 0 Å². The van der Waals surface area contributed by atoms with E-state index in [0.29, 0.717) is 6.42 Å². The van der Waals surface area contributed by atoms with Gasteiger partial charge in [-0.2, -0.15) is 13.2 Å². The molecule has 0 aromatic carbocycles. The quantitative estimate of drug-likeness (QED) is 0.569. The van der Waals surface area contributed by atoms with Crippen molar-refractivity contribution in [3.05, 3.63) is 12.2 Å². The SMILES string of the molecule is O=C(OC1CCCCC1)C1C2C=CC(C2)C1C(F)(F)F. The second-order valence-corrected chi connectivity index (χ2v) is 6.24. The molecule has 4 atom stereocenters. The highest BCUT2D eigenvalue weighted by Gasteiger charge is 2.60. The monoisotopic (exact) mass is 288 g/mol. The number of esters is 1. The predicted octanol–water partition coefficient (Wildman–Crippen LogP) is 3.86. The number of fused-ring (bicyclic) bond motifs is 2. The Balaban J connectivity index is 1.71. The Morgan fingerprint density at radius 1 is 1.05 bits per heavy atom. The van der Waals surface area contributed by atoms with Crippen molar-refractivity contribution in [3.63, 3.8) is 0 Å². The minimum atomic E-state index is -4.32. The minimum absolute atomic E-state index is 0.173. The first kappa shape index (κ1) is 14.0. The van der Waals surface area contributed by atoms with Crippen molar-refractivity contribution in [3.8, 4) is 0 Å². The van der Waals surface area contributed by atoms with Gasteiger partial charge < -0.3 is 4.74 Å². The second-order valence-electron chi connectivity index (χ2n) is 6.24. The number of hydrogen-bond acceptors (Lipinski definition) is 2. The molecule has 0 aromatic rings. The molecule has 0 aliphatic heterocycles. The van der Waals surface area contributed by atoms with Gasteiger partial charge in [-0.25, -0.2) is 0 Å². The van der Waals surface area contributed by atoms with Gasteiger partial charge in [0.1, 0.15) is 6.10 Å². The van der Waals surface area contributed by atoms with E-state index in [2.05, 4.69) is 0 Å². The van der Waals surface area contributed by atoms with Crippen LogP contribution in [0.3, 0.4) is 0 Å². The predicted molar refractivity (Wildman–Crippen MR) is 66.7 cm³/mol. The van der Waals surface area contributed by atoms with Gasteiger partial charge in [0.25, 0.3) is 0 Å². The average Bonchev–Trinajstić information content (AvgIpc) is 2.99. The number of halogens is 3. The van der Waals surface area contributed by atoms with Crippen molar-refractivity contribution in [2.75, 3.05) is 0 Å². The highest BCUT2D eigenvalue weighted by atomic mass is 19.4. The molecule has 2 bridgehead atoms. The fourth-order valence-corrected chi connectivity index (χ4v) is 4.02. The topological polar surface area (TPSA) is 26.3 Å². The summed E-state index contributed by atoms with van der Waals surface area (Å²) in [6.07, 6.45) is 4.03. The Morgan fingerprint density at radius 2 is 1.70 bits per heavy atom. The van der Waals surface area contributed by atoms with Crippen LogP contribution in [0.2, 0.25) is 0 Å². The van der Waals surface area contributed by atoms with Crippen LogP contribution in [0.15, 0.2) is 12.2 Å². The summed E-state index contributed by atoms with van der Waals surface area (Å²) < 4.78 is 44.9. The van der Waals surface area contributed by atoms with Gasteiger partial charge in [0.15, 0.2) is 0 Å². The first-order valence-electron chi connectivity index (χ1n) is 7.42. The molecule has 20 heavy (non-hydrogen) atoms. The third-order valence-electron chi connectivity index (χ3n) is 4.94. The number of allylic oxidation sites excluding steroid dienone is 2. The maximum absolute atomic E-state index is 13.2. The fraction of sp³-hybridized carbons (Fsp3) is 0.800. The summed E-state index contributed by atoms with van der Waals surface area (Å²) in [5, 5.41) is 0. The molecule has 0 heterocycles. The fourth-order valence-electron chi connectivity index (χ4n) is 4.02. The van der Waals surface area contributed by atoms with Crippen LogP contribution in [-0.2, 0) is 9.53 Å². The zero-order valence-corrected chi connectivity index (χ0v) is 11.2. The molecular weight excluding hydrogens is 269 g/mol. The number of alkyl halides is 3. The lowest BCUT2D eigenvalue weighted by Gasteiger charge is -2.30. The Hall–Kier alpha value is -1.00. The highest BCUT2D eigenvalue weighted by molar-refractivity contribution is 5.75. The third-order valence-corrected chi connectivity index (χ3v) is 4.94. The van der Waals surface area contributed by atoms with Crippen LogP contribution in [0, 0.1) is 23.7 Å². The van der Waals surface area contributed by atoms with E-state index in [0.717, 1.165) is 32.1 Å². The number of carbonyl (C=O) groups excluding carboxylic acids is 1. The minimum Gasteiger partial charge on any atom is -0.462 e. The summed E-state index contributed by atoms with van der Waals surface area (Å²) >= 11 is 0. The summed E-state index contributed by atoms with van der Waals surface area (Å²) in [6, 6.07) is 0. The lowest BCUT2D eigenvalue weighted by molar-refractivity contribution is -0.203. The molecule has 2 nitrogen and oxygen atoms in total. The van der Waals surface area contributed by atoms with Crippen LogP contribution in [0.4, 0.5) is 13.2 Å². The Labute approximate surface area is 116 Å². The van der Waals surface area contributed by atoms with Crippen LogP contribution >= 0.6 is 0 Å². The number of hydrogen-bond donors (Lipinski definition) is 0. The van der Waals surface area contributed by atoms with E-state index in [1.807, 2.05) is 0 Å². The van der Waals surface area contributed by atoms with Crippen LogP contribution < -0.4 is 0 Å². The van der Waals surface area contributed by atoms with E-state index in [9.17, 15) is 18.0 Å². The Morgan fingerprint density at radius 3 is 2.35 bits per heavy atom. The van der Waals surface area contributed by atoms with Gasteiger partial charge in [-0.3, -0.25) is 4.79 Å². The number of ether oxygens (including phenoxy) is 1. The zero-order valence-electron chi connectivity index (χ0n) is 11.2. The van der Waals surface area contributed by atoms with Gasteiger partial charge in [-0.1, -0.05) is 18.6 Å². The first-order chi connectivity index (χ1) is 9.47. The van der Waals surface area contributed by atoms with Crippen molar-refractivity contribution >= 4 is 5.97 Å². The molecule has 0 saturated heterocycles. The van der Waals surface area contributed by atoms with E-state index in [1.54, 1.807) is 12.2 Å². The summed E-state index contributed by atoms with van der Waals surface area (Å²) in [5.41, 5.74) is 0. The molecule has 2 fully saturated rings. The lowest BCUT2D eigenvalue weighted by atomic mass is 9.82. The first-order valence-corrected chi connectivity index (χ1v) is 7.42. The van der Waals surface area contributed by atoms with E-state index < -0.39 is 29.9 Å². The maximum atomic E-state index is 13.2. The molecule has 3 aliphatic rings. The summed E-state index contributed by atoms with van der Waals surface area (Å²) in [7, 11) is 0. The summed E-state index contributed by atoms with van der Waals surface area (Å²) in [4.78, 5) is 12.2. The normalized spacial score (nSPS) is 37.4. The third kappa shape index (κ3) is 2.47. The molecular formula is C15H19F3O2. The molecule has 5 heteroatoms. The summed E-state index contributed by atoms with van der Waals surface area (Å²) in [5.74, 6) is -4.02. The van der Waals surface area contributed by atoms with Crippen LogP contribution in [0.25, 0.3) is 0 Å². The van der Waals surface area contributed by atoms with Crippen molar-refractivity contribution in [1.82, 2.24) is 0 Å². The standard InChI is InChI=1S/C15H19F3O2/c16-15(17,18)13-10-7-6-9(8-10)12(13)14(19)20-11-4-2-1-3-5-11/h6-7,9-13H,1-5,8H2. The van der Waals surface area contributed by atoms with E-state index >= 15 is 0 Å². The molecule has 0 amide bonds. The van der Waals surface area contributed by atoms with Gasteiger partial charge in [0.05, 0.1) is 11.8 Å². The Kier molecular flexibility index (Phi) is 3.55. The molecule has 3 aliphatic carbocycles. The average molecular weight is 288 g/mol. The second kappa shape index (κ2) is 5.08. The molecule has 0 spiro atoms. The molecule has 0 aromatic heterocycles. The Bertz CT molecular complexity index is 410. The van der Waals surface area contributed by atoms with Crippen molar-refractivity contribution < 1.29 is 22.7 Å². The van der Waals surface area contributed by atoms with Crippen molar-refractivity contribution in [2.45, 2.75) is 50.8 Å². The van der Waals surface area contributed by atoms with Crippen LogP contribution in [0.1, 0.15) is 38.5 Å². The van der Waals surface area contributed by atoms with E-state index in [4.69, 9.17) is 4.74 Å². The van der Waals surface area contributed by atoms with E-state index in [1.165, 1.54) is 0 Å².